The topological polar surface area (TPSA) is 69.7 Å². The molecule has 0 saturated heterocycles. The second-order valence-electron chi connectivity index (χ2n) is 3.88. The lowest BCUT2D eigenvalue weighted by molar-refractivity contribution is -0.165. The summed E-state index contributed by atoms with van der Waals surface area (Å²) in [6, 6.07) is 0. The molecular formula is C11H16O5. The van der Waals surface area contributed by atoms with E-state index in [1.807, 2.05) is 0 Å². The van der Waals surface area contributed by atoms with Crippen LogP contribution < -0.4 is 0 Å². The van der Waals surface area contributed by atoms with Gasteiger partial charge < -0.3 is 9.47 Å². The van der Waals surface area contributed by atoms with Crippen LogP contribution in [0.25, 0.3) is 0 Å². The standard InChI is InChI=1S/C11H16O5/c1-15-9(12)7-10(13)16-11(14)8-5-3-2-4-6-8/h8H,2-7H2,1H3. The third-order valence-electron chi connectivity index (χ3n) is 2.67. The molecule has 90 valence electrons. The van der Waals surface area contributed by atoms with Crippen LogP contribution in [0.2, 0.25) is 0 Å². The molecule has 16 heavy (non-hydrogen) atoms. The maximum Gasteiger partial charge on any atom is 0.324 e. The largest absolute Gasteiger partial charge is 0.469 e. The minimum Gasteiger partial charge on any atom is -0.469 e. The molecule has 0 amide bonds. The number of carbonyl (C=O) groups excluding carboxylic acids is 3. The van der Waals surface area contributed by atoms with Crippen molar-refractivity contribution in [3.05, 3.63) is 0 Å². The SMILES string of the molecule is COC(=O)CC(=O)OC(=O)C1CCCCC1. The van der Waals surface area contributed by atoms with E-state index in [1.165, 1.54) is 7.11 Å². The Morgan fingerprint density at radius 2 is 1.69 bits per heavy atom. The lowest BCUT2D eigenvalue weighted by atomic mass is 9.89. The van der Waals surface area contributed by atoms with E-state index in [0.717, 1.165) is 32.1 Å². The van der Waals surface area contributed by atoms with E-state index in [2.05, 4.69) is 9.47 Å². The van der Waals surface area contributed by atoms with Gasteiger partial charge in [0.25, 0.3) is 0 Å². The van der Waals surface area contributed by atoms with Crippen LogP contribution in [0.4, 0.5) is 0 Å². The van der Waals surface area contributed by atoms with E-state index in [-0.39, 0.29) is 5.92 Å². The van der Waals surface area contributed by atoms with Gasteiger partial charge in [-0.05, 0) is 12.8 Å². The molecule has 5 nitrogen and oxygen atoms in total. The van der Waals surface area contributed by atoms with Crippen molar-refractivity contribution in [3.63, 3.8) is 0 Å². The van der Waals surface area contributed by atoms with Gasteiger partial charge in [-0.15, -0.1) is 0 Å². The number of hydrogen-bond acceptors (Lipinski definition) is 5. The van der Waals surface area contributed by atoms with Crippen molar-refractivity contribution in [2.45, 2.75) is 38.5 Å². The summed E-state index contributed by atoms with van der Waals surface area (Å²) in [7, 11) is 1.18. The predicted molar refractivity (Wildman–Crippen MR) is 54.3 cm³/mol. The molecule has 1 rings (SSSR count). The smallest absolute Gasteiger partial charge is 0.324 e. The molecule has 0 heterocycles. The zero-order chi connectivity index (χ0) is 12.0. The van der Waals surface area contributed by atoms with Gasteiger partial charge in [-0.2, -0.15) is 0 Å². The normalized spacial score (nSPS) is 16.6. The van der Waals surface area contributed by atoms with Gasteiger partial charge in [0.05, 0.1) is 13.0 Å². The highest BCUT2D eigenvalue weighted by Crippen LogP contribution is 2.24. The van der Waals surface area contributed by atoms with E-state index in [0.29, 0.717) is 0 Å². The summed E-state index contributed by atoms with van der Waals surface area (Å²) in [5.74, 6) is -2.21. The Kier molecular flexibility index (Phi) is 4.95. The maximum absolute atomic E-state index is 11.5. The van der Waals surface area contributed by atoms with Crippen molar-refractivity contribution in [1.82, 2.24) is 0 Å². The molecule has 1 aliphatic carbocycles. The predicted octanol–water partition coefficient (Wildman–Crippen LogP) is 1.20. The van der Waals surface area contributed by atoms with Crippen molar-refractivity contribution < 1.29 is 23.9 Å². The van der Waals surface area contributed by atoms with E-state index in [9.17, 15) is 14.4 Å². The first-order valence-electron chi connectivity index (χ1n) is 5.45. The van der Waals surface area contributed by atoms with Crippen LogP contribution in [0.15, 0.2) is 0 Å². The molecule has 0 aromatic heterocycles. The molecule has 0 aromatic rings. The summed E-state index contributed by atoms with van der Waals surface area (Å²) >= 11 is 0. The number of methoxy groups -OCH3 is 1. The highest BCUT2D eigenvalue weighted by Gasteiger charge is 2.25. The van der Waals surface area contributed by atoms with Crippen LogP contribution in [0.1, 0.15) is 38.5 Å². The molecule has 0 N–H and O–H groups in total. The summed E-state index contributed by atoms with van der Waals surface area (Å²) < 4.78 is 8.88. The zero-order valence-corrected chi connectivity index (χ0v) is 9.36. The summed E-state index contributed by atoms with van der Waals surface area (Å²) in [5.41, 5.74) is 0. The number of hydrogen-bond donors (Lipinski definition) is 0. The monoisotopic (exact) mass is 228 g/mol. The van der Waals surface area contributed by atoms with Crippen molar-refractivity contribution in [1.29, 1.82) is 0 Å². The molecule has 1 saturated carbocycles. The molecule has 0 spiro atoms. The molecule has 0 bridgehead atoms. The third-order valence-corrected chi connectivity index (χ3v) is 2.67. The minimum atomic E-state index is -0.831. The van der Waals surface area contributed by atoms with Crippen LogP contribution in [0, 0.1) is 5.92 Å². The molecule has 0 unspecified atom stereocenters. The first-order chi connectivity index (χ1) is 7.63. The Hall–Kier alpha value is -1.39. The van der Waals surface area contributed by atoms with Crippen LogP contribution in [-0.2, 0) is 23.9 Å². The van der Waals surface area contributed by atoms with Crippen molar-refractivity contribution in [2.24, 2.45) is 5.92 Å². The second kappa shape index (κ2) is 6.25. The first-order valence-corrected chi connectivity index (χ1v) is 5.45. The summed E-state index contributed by atoms with van der Waals surface area (Å²) in [6.45, 7) is 0. The molecule has 0 aliphatic heterocycles. The van der Waals surface area contributed by atoms with Gasteiger partial charge in [0, 0.05) is 0 Å². The van der Waals surface area contributed by atoms with Gasteiger partial charge in [0.2, 0.25) is 0 Å². The van der Waals surface area contributed by atoms with Crippen LogP contribution in [-0.4, -0.2) is 25.0 Å². The Balaban J connectivity index is 2.32. The quantitative estimate of drug-likeness (QED) is 0.536. The third kappa shape index (κ3) is 4.00. The average Bonchev–Trinajstić information content (AvgIpc) is 2.29. The van der Waals surface area contributed by atoms with Gasteiger partial charge in [0.1, 0.15) is 6.42 Å². The van der Waals surface area contributed by atoms with Gasteiger partial charge in [-0.25, -0.2) is 0 Å². The lowest BCUT2D eigenvalue weighted by Gasteiger charge is -2.18. The van der Waals surface area contributed by atoms with Crippen molar-refractivity contribution >= 4 is 17.9 Å². The highest BCUT2D eigenvalue weighted by atomic mass is 16.6. The zero-order valence-electron chi connectivity index (χ0n) is 9.36. The lowest BCUT2D eigenvalue weighted by Crippen LogP contribution is -2.24. The van der Waals surface area contributed by atoms with Gasteiger partial charge in [-0.3, -0.25) is 14.4 Å². The van der Waals surface area contributed by atoms with E-state index >= 15 is 0 Å². The summed E-state index contributed by atoms with van der Waals surface area (Å²) in [5, 5.41) is 0. The summed E-state index contributed by atoms with van der Waals surface area (Å²) in [4.78, 5) is 33.4. The molecule has 0 aromatic carbocycles. The Morgan fingerprint density at radius 1 is 1.06 bits per heavy atom. The van der Waals surface area contributed by atoms with E-state index < -0.39 is 24.3 Å². The Bertz CT molecular complexity index is 278. The molecule has 0 radical (unpaired) electrons. The molecular weight excluding hydrogens is 212 g/mol. The van der Waals surface area contributed by atoms with E-state index in [1.54, 1.807) is 0 Å². The first kappa shape index (κ1) is 12.7. The number of carbonyl (C=O) groups is 3. The van der Waals surface area contributed by atoms with Crippen LogP contribution in [0.5, 0.6) is 0 Å². The highest BCUT2D eigenvalue weighted by molar-refractivity contribution is 5.96. The van der Waals surface area contributed by atoms with Crippen molar-refractivity contribution in [2.75, 3.05) is 7.11 Å². The second-order valence-corrected chi connectivity index (χ2v) is 3.88. The van der Waals surface area contributed by atoms with Gasteiger partial charge in [-0.1, -0.05) is 19.3 Å². The van der Waals surface area contributed by atoms with Crippen LogP contribution >= 0.6 is 0 Å². The average molecular weight is 228 g/mol. The number of ether oxygens (including phenoxy) is 2. The maximum atomic E-state index is 11.5. The molecule has 1 fully saturated rings. The van der Waals surface area contributed by atoms with Crippen LogP contribution in [0.3, 0.4) is 0 Å². The Morgan fingerprint density at radius 3 is 2.25 bits per heavy atom. The van der Waals surface area contributed by atoms with Gasteiger partial charge >= 0.3 is 17.9 Å². The minimum absolute atomic E-state index is 0.185. The fraction of sp³-hybridized carbons (Fsp3) is 0.727. The molecule has 5 heteroatoms. The summed E-state index contributed by atoms with van der Waals surface area (Å²) in [6.07, 6.45) is 4.14. The molecule has 1 aliphatic rings. The van der Waals surface area contributed by atoms with Gasteiger partial charge in [0.15, 0.2) is 0 Å². The van der Waals surface area contributed by atoms with E-state index in [4.69, 9.17) is 0 Å². The van der Waals surface area contributed by atoms with Crippen molar-refractivity contribution in [3.8, 4) is 0 Å². The number of rotatable bonds is 3. The fourth-order valence-electron chi connectivity index (χ4n) is 1.76. The molecule has 0 atom stereocenters. The Labute approximate surface area is 94.1 Å². The number of esters is 3. The fourth-order valence-corrected chi connectivity index (χ4v) is 1.76.